The number of non-ortho nitro benzene ring substituents is 1. The van der Waals surface area contributed by atoms with E-state index in [1.54, 1.807) is 12.1 Å². The van der Waals surface area contributed by atoms with Crippen molar-refractivity contribution in [1.82, 2.24) is 0 Å². The summed E-state index contributed by atoms with van der Waals surface area (Å²) in [5.41, 5.74) is 0.943. The molecule has 0 atom stereocenters. The Labute approximate surface area is 185 Å². The first-order chi connectivity index (χ1) is 14.8. The molecule has 0 amide bonds. The summed E-state index contributed by atoms with van der Waals surface area (Å²) in [6.07, 6.45) is 2.42. The van der Waals surface area contributed by atoms with Gasteiger partial charge >= 0.3 is 11.9 Å². The second-order valence-corrected chi connectivity index (χ2v) is 7.25. The summed E-state index contributed by atoms with van der Waals surface area (Å²) >= 11 is 3.36. The zero-order valence-electron chi connectivity index (χ0n) is 16.6. The molecule has 0 bridgehead atoms. The molecule has 160 valence electrons. The van der Waals surface area contributed by atoms with E-state index in [-0.39, 0.29) is 35.4 Å². The molecule has 0 fully saturated rings. The van der Waals surface area contributed by atoms with Gasteiger partial charge in [0.15, 0.2) is 17.2 Å². The highest BCUT2D eigenvalue weighted by atomic mass is 79.9. The van der Waals surface area contributed by atoms with E-state index in [0.29, 0.717) is 27.8 Å². The molecule has 10 heteroatoms. The van der Waals surface area contributed by atoms with E-state index in [9.17, 15) is 19.7 Å². The van der Waals surface area contributed by atoms with Gasteiger partial charge in [-0.1, -0.05) is 6.92 Å². The molecule has 1 heterocycles. The number of cyclic esters (lactones) is 1. The minimum absolute atomic E-state index is 0.0398. The SMILES string of the molecule is CCCC(=O)Oc1c(Br)cc(/C=C2\N=C(c3ccc([N+](=O)[O-])cc3)OC2=O)cc1OC. The number of nitro groups is 1. The van der Waals surface area contributed by atoms with Crippen molar-refractivity contribution < 1.29 is 28.7 Å². The summed E-state index contributed by atoms with van der Waals surface area (Å²) < 4.78 is 16.3. The van der Waals surface area contributed by atoms with Crippen LogP contribution >= 0.6 is 15.9 Å². The van der Waals surface area contributed by atoms with Crippen LogP contribution in [0.5, 0.6) is 11.5 Å². The van der Waals surface area contributed by atoms with Gasteiger partial charge in [-0.05, 0) is 58.3 Å². The van der Waals surface area contributed by atoms with Crippen LogP contribution in [-0.2, 0) is 14.3 Å². The van der Waals surface area contributed by atoms with E-state index < -0.39 is 10.9 Å². The van der Waals surface area contributed by atoms with Crippen molar-refractivity contribution >= 4 is 45.5 Å². The number of carbonyl (C=O) groups is 2. The van der Waals surface area contributed by atoms with Crippen LogP contribution < -0.4 is 9.47 Å². The third-order valence-electron chi connectivity index (χ3n) is 4.17. The molecule has 9 nitrogen and oxygen atoms in total. The lowest BCUT2D eigenvalue weighted by atomic mass is 10.1. The lowest BCUT2D eigenvalue weighted by molar-refractivity contribution is -0.384. The van der Waals surface area contributed by atoms with E-state index in [1.165, 1.54) is 37.5 Å². The van der Waals surface area contributed by atoms with Crippen molar-refractivity contribution in [3.05, 3.63) is 67.8 Å². The molecule has 0 aromatic heterocycles. The van der Waals surface area contributed by atoms with Crippen molar-refractivity contribution in [3.63, 3.8) is 0 Å². The predicted molar refractivity (Wildman–Crippen MR) is 115 cm³/mol. The topological polar surface area (TPSA) is 117 Å². The Morgan fingerprint density at radius 1 is 1.29 bits per heavy atom. The van der Waals surface area contributed by atoms with Gasteiger partial charge in [0.2, 0.25) is 5.90 Å². The Balaban J connectivity index is 1.89. The third kappa shape index (κ3) is 5.15. The molecular formula is C21H17BrN2O7. The molecule has 31 heavy (non-hydrogen) atoms. The number of methoxy groups -OCH3 is 1. The molecule has 3 rings (SSSR count). The van der Waals surface area contributed by atoms with Gasteiger partial charge in [0.25, 0.3) is 5.69 Å². The number of nitro benzene ring substituents is 1. The van der Waals surface area contributed by atoms with Crippen LogP contribution in [-0.4, -0.2) is 29.9 Å². The Kier molecular flexibility index (Phi) is 6.81. The number of ether oxygens (including phenoxy) is 3. The number of hydrogen-bond donors (Lipinski definition) is 0. The highest BCUT2D eigenvalue weighted by Gasteiger charge is 2.25. The second kappa shape index (κ2) is 9.52. The van der Waals surface area contributed by atoms with Gasteiger partial charge in [0.05, 0.1) is 16.5 Å². The summed E-state index contributed by atoms with van der Waals surface area (Å²) in [6, 6.07) is 8.75. The van der Waals surface area contributed by atoms with E-state index in [2.05, 4.69) is 20.9 Å². The molecule has 0 N–H and O–H groups in total. The zero-order chi connectivity index (χ0) is 22.5. The highest BCUT2D eigenvalue weighted by Crippen LogP contribution is 2.38. The Morgan fingerprint density at radius 2 is 2.00 bits per heavy atom. The summed E-state index contributed by atoms with van der Waals surface area (Å²) in [5.74, 6) is -0.461. The van der Waals surface area contributed by atoms with E-state index in [4.69, 9.17) is 14.2 Å². The second-order valence-electron chi connectivity index (χ2n) is 6.40. The molecule has 0 spiro atoms. The van der Waals surface area contributed by atoms with Crippen molar-refractivity contribution in [1.29, 1.82) is 0 Å². The van der Waals surface area contributed by atoms with Crippen molar-refractivity contribution in [2.45, 2.75) is 19.8 Å². The van der Waals surface area contributed by atoms with Gasteiger partial charge < -0.3 is 14.2 Å². The Morgan fingerprint density at radius 3 is 2.61 bits per heavy atom. The fraction of sp³-hybridized carbons (Fsp3) is 0.190. The molecule has 0 radical (unpaired) electrons. The highest BCUT2D eigenvalue weighted by molar-refractivity contribution is 9.10. The molecule has 1 aliphatic heterocycles. The summed E-state index contributed by atoms with van der Waals surface area (Å²) in [6.45, 7) is 1.87. The maximum Gasteiger partial charge on any atom is 0.363 e. The van der Waals surface area contributed by atoms with E-state index in [0.717, 1.165) is 0 Å². The number of benzene rings is 2. The number of nitrogens with zero attached hydrogens (tertiary/aromatic N) is 2. The molecule has 2 aromatic rings. The molecule has 0 aliphatic carbocycles. The number of aliphatic imine (C=N–C) groups is 1. The van der Waals surface area contributed by atoms with Crippen LogP contribution in [0.15, 0.2) is 51.6 Å². The van der Waals surface area contributed by atoms with Crippen molar-refractivity contribution in [3.8, 4) is 11.5 Å². The summed E-state index contributed by atoms with van der Waals surface area (Å²) in [4.78, 5) is 38.5. The predicted octanol–water partition coefficient (Wildman–Crippen LogP) is 4.42. The monoisotopic (exact) mass is 488 g/mol. The third-order valence-corrected chi connectivity index (χ3v) is 4.76. The van der Waals surface area contributed by atoms with Crippen LogP contribution in [0, 0.1) is 10.1 Å². The minimum Gasteiger partial charge on any atom is -0.493 e. The van der Waals surface area contributed by atoms with Crippen LogP contribution in [0.4, 0.5) is 5.69 Å². The fourth-order valence-electron chi connectivity index (χ4n) is 2.71. The lowest BCUT2D eigenvalue weighted by Crippen LogP contribution is -2.08. The number of halogens is 1. The average Bonchev–Trinajstić information content (AvgIpc) is 3.10. The normalized spacial score (nSPS) is 14.2. The average molecular weight is 489 g/mol. The van der Waals surface area contributed by atoms with Crippen LogP contribution in [0.2, 0.25) is 0 Å². The molecule has 0 saturated heterocycles. The molecular weight excluding hydrogens is 472 g/mol. The van der Waals surface area contributed by atoms with Crippen LogP contribution in [0.3, 0.4) is 0 Å². The van der Waals surface area contributed by atoms with Gasteiger partial charge in [-0.15, -0.1) is 0 Å². The number of carbonyl (C=O) groups excluding carboxylic acids is 2. The Bertz CT molecular complexity index is 1110. The zero-order valence-corrected chi connectivity index (χ0v) is 18.2. The van der Waals surface area contributed by atoms with Gasteiger partial charge in [0, 0.05) is 24.1 Å². The maximum absolute atomic E-state index is 12.2. The quantitative estimate of drug-likeness (QED) is 0.186. The van der Waals surface area contributed by atoms with Crippen LogP contribution in [0.1, 0.15) is 30.9 Å². The van der Waals surface area contributed by atoms with Gasteiger partial charge in [-0.25, -0.2) is 9.79 Å². The summed E-state index contributed by atoms with van der Waals surface area (Å²) in [7, 11) is 1.44. The lowest BCUT2D eigenvalue weighted by Gasteiger charge is -2.12. The van der Waals surface area contributed by atoms with E-state index in [1.807, 2.05) is 6.92 Å². The number of hydrogen-bond acceptors (Lipinski definition) is 8. The first kappa shape index (κ1) is 22.2. The number of rotatable bonds is 7. The number of esters is 2. The van der Waals surface area contributed by atoms with E-state index >= 15 is 0 Å². The molecule has 1 aliphatic rings. The maximum atomic E-state index is 12.2. The fourth-order valence-corrected chi connectivity index (χ4v) is 3.25. The smallest absolute Gasteiger partial charge is 0.363 e. The molecule has 0 unspecified atom stereocenters. The van der Waals surface area contributed by atoms with Crippen LogP contribution in [0.25, 0.3) is 6.08 Å². The van der Waals surface area contributed by atoms with Gasteiger partial charge in [0.1, 0.15) is 0 Å². The van der Waals surface area contributed by atoms with Gasteiger partial charge in [-0.2, -0.15) is 0 Å². The summed E-state index contributed by atoms with van der Waals surface area (Å²) in [5, 5.41) is 10.8. The largest absolute Gasteiger partial charge is 0.493 e. The molecule has 0 saturated carbocycles. The standard InChI is InChI=1S/C21H17BrN2O7/c1-3-4-18(25)30-19-15(22)9-12(11-17(19)29-2)10-16-21(26)31-20(23-16)13-5-7-14(8-6-13)24(27)28/h5-11H,3-4H2,1-2H3/b16-10-. The van der Waals surface area contributed by atoms with Gasteiger partial charge in [-0.3, -0.25) is 14.9 Å². The first-order valence-electron chi connectivity index (χ1n) is 9.18. The minimum atomic E-state index is -0.665. The van der Waals surface area contributed by atoms with Crippen molar-refractivity contribution in [2.75, 3.05) is 7.11 Å². The first-order valence-corrected chi connectivity index (χ1v) is 9.97. The Hall–Kier alpha value is -3.53. The molecule has 2 aromatic carbocycles. The van der Waals surface area contributed by atoms with Crippen molar-refractivity contribution in [2.24, 2.45) is 4.99 Å².